The Bertz CT molecular complexity index is 1010. The van der Waals surface area contributed by atoms with Gasteiger partial charge in [0, 0.05) is 12.1 Å². The molecule has 0 radical (unpaired) electrons. The normalized spacial score (nSPS) is 11.1. The van der Waals surface area contributed by atoms with E-state index >= 15 is 0 Å². The zero-order valence-corrected chi connectivity index (χ0v) is 13.7. The Morgan fingerprint density at radius 2 is 1.08 bits per heavy atom. The average molecular weight is 314 g/mol. The van der Waals surface area contributed by atoms with Crippen molar-refractivity contribution in [3.05, 3.63) is 84.4 Å². The Morgan fingerprint density at radius 3 is 1.54 bits per heavy atom. The van der Waals surface area contributed by atoms with E-state index in [9.17, 15) is 4.79 Å². The number of carbonyl (C=O) groups excluding carboxylic acids is 1. The number of fused-ring (bicyclic) bond motifs is 2. The Labute approximate surface area is 140 Å². The molecule has 0 aliphatic heterocycles. The first-order valence-corrected chi connectivity index (χ1v) is 7.96. The summed E-state index contributed by atoms with van der Waals surface area (Å²) >= 11 is 0. The highest BCUT2D eigenvalue weighted by atomic mass is 16.1. The lowest BCUT2D eigenvalue weighted by Gasteiger charge is -2.05. The van der Waals surface area contributed by atoms with Gasteiger partial charge in [-0.05, 0) is 22.9 Å². The van der Waals surface area contributed by atoms with E-state index < -0.39 is 0 Å². The van der Waals surface area contributed by atoms with Gasteiger partial charge in [0.15, 0.2) is 12.4 Å². The van der Waals surface area contributed by atoms with Gasteiger partial charge in [-0.2, -0.15) is 9.13 Å². The van der Waals surface area contributed by atoms with Gasteiger partial charge in [-0.15, -0.1) is 0 Å². The average Bonchev–Trinajstić information content (AvgIpc) is 2.61. The molecular weight excluding hydrogens is 296 g/mol. The number of pyridine rings is 2. The second kappa shape index (κ2) is 5.53. The zero-order valence-electron chi connectivity index (χ0n) is 13.7. The first kappa shape index (κ1) is 14.5. The topological polar surface area (TPSA) is 24.8 Å². The number of aryl methyl sites for hydroxylation is 2. The minimum atomic E-state index is 0.0357. The lowest BCUT2D eigenvalue weighted by molar-refractivity contribution is -0.679. The molecule has 0 spiro atoms. The molecule has 24 heavy (non-hydrogen) atoms. The largest absolute Gasteiger partial charge is 0.321 e. The predicted octanol–water partition coefficient (Wildman–Crippen LogP) is 2.87. The van der Waals surface area contributed by atoms with Crippen LogP contribution in [0.3, 0.4) is 0 Å². The molecule has 2 heterocycles. The van der Waals surface area contributed by atoms with E-state index in [1.807, 2.05) is 96.3 Å². The highest BCUT2D eigenvalue weighted by molar-refractivity contribution is 6.17. The minimum absolute atomic E-state index is 0.0357. The van der Waals surface area contributed by atoms with E-state index in [2.05, 4.69) is 0 Å². The third kappa shape index (κ3) is 2.17. The molecule has 0 N–H and O–H groups in total. The maximum Gasteiger partial charge on any atom is 0.321 e. The summed E-state index contributed by atoms with van der Waals surface area (Å²) in [5, 5.41) is 4.09. The van der Waals surface area contributed by atoms with E-state index in [-0.39, 0.29) is 5.78 Å². The van der Waals surface area contributed by atoms with Crippen molar-refractivity contribution in [1.29, 1.82) is 0 Å². The van der Waals surface area contributed by atoms with Crippen molar-refractivity contribution in [2.45, 2.75) is 0 Å². The van der Waals surface area contributed by atoms with Crippen LogP contribution in [0, 0.1) is 0 Å². The number of hydrogen-bond donors (Lipinski definition) is 0. The highest BCUT2D eigenvalue weighted by Crippen LogP contribution is 2.21. The number of nitrogens with zero attached hydrogens (tertiary/aromatic N) is 2. The smallest absolute Gasteiger partial charge is 0.275 e. The van der Waals surface area contributed by atoms with Gasteiger partial charge in [0.1, 0.15) is 14.1 Å². The van der Waals surface area contributed by atoms with Gasteiger partial charge in [-0.25, -0.2) is 0 Å². The fourth-order valence-corrected chi connectivity index (χ4v) is 3.31. The fourth-order valence-electron chi connectivity index (χ4n) is 3.31. The van der Waals surface area contributed by atoms with Crippen LogP contribution in [0.5, 0.6) is 0 Å². The van der Waals surface area contributed by atoms with Crippen molar-refractivity contribution in [2.75, 3.05) is 0 Å². The molecule has 0 saturated heterocycles. The van der Waals surface area contributed by atoms with Crippen molar-refractivity contribution in [2.24, 2.45) is 14.1 Å². The second-order valence-electron chi connectivity index (χ2n) is 6.05. The Kier molecular flexibility index (Phi) is 3.35. The van der Waals surface area contributed by atoms with Gasteiger partial charge < -0.3 is 0 Å². The van der Waals surface area contributed by atoms with E-state index in [4.69, 9.17) is 0 Å². The van der Waals surface area contributed by atoms with E-state index in [0.717, 1.165) is 21.5 Å². The van der Waals surface area contributed by atoms with Crippen LogP contribution in [0.1, 0.15) is 16.2 Å². The fraction of sp³-hybridized carbons (Fsp3) is 0.0952. The lowest BCUT2D eigenvalue weighted by atomic mass is 10.0. The highest BCUT2D eigenvalue weighted by Gasteiger charge is 2.30. The predicted molar refractivity (Wildman–Crippen MR) is 93.7 cm³/mol. The van der Waals surface area contributed by atoms with E-state index in [1.165, 1.54) is 0 Å². The summed E-state index contributed by atoms with van der Waals surface area (Å²) in [6, 6.07) is 20.1. The molecule has 0 bridgehead atoms. The summed E-state index contributed by atoms with van der Waals surface area (Å²) in [5.74, 6) is 0.0357. The van der Waals surface area contributed by atoms with Crippen LogP contribution in [-0.2, 0) is 14.1 Å². The molecule has 0 aliphatic rings. The number of carbonyl (C=O) groups is 1. The van der Waals surface area contributed by atoms with Gasteiger partial charge in [-0.1, -0.05) is 36.4 Å². The molecule has 0 unspecified atom stereocenters. The summed E-state index contributed by atoms with van der Waals surface area (Å²) in [7, 11) is 3.84. The number of hydrogen-bond acceptors (Lipinski definition) is 1. The first-order chi connectivity index (χ1) is 11.7. The quantitative estimate of drug-likeness (QED) is 0.412. The zero-order chi connectivity index (χ0) is 16.7. The van der Waals surface area contributed by atoms with Crippen molar-refractivity contribution in [3.63, 3.8) is 0 Å². The molecule has 0 saturated carbocycles. The Balaban J connectivity index is 2.05. The molecule has 3 heteroatoms. The van der Waals surface area contributed by atoms with E-state index in [1.54, 1.807) is 0 Å². The van der Waals surface area contributed by atoms with Gasteiger partial charge in [0.05, 0.1) is 10.8 Å². The molecule has 4 rings (SSSR count). The molecule has 4 aromatic rings. The molecule has 0 fully saturated rings. The summed E-state index contributed by atoms with van der Waals surface area (Å²) in [6.07, 6.45) is 3.89. The van der Waals surface area contributed by atoms with Crippen LogP contribution in [0.15, 0.2) is 73.1 Å². The molecule has 0 amide bonds. The van der Waals surface area contributed by atoms with Gasteiger partial charge in [0.2, 0.25) is 0 Å². The summed E-state index contributed by atoms with van der Waals surface area (Å²) in [6.45, 7) is 0. The Morgan fingerprint density at radius 1 is 0.667 bits per heavy atom. The van der Waals surface area contributed by atoms with Crippen LogP contribution < -0.4 is 9.13 Å². The summed E-state index contributed by atoms with van der Waals surface area (Å²) in [5.41, 5.74) is 1.42. The van der Waals surface area contributed by atoms with Crippen molar-refractivity contribution < 1.29 is 13.9 Å². The summed E-state index contributed by atoms with van der Waals surface area (Å²) < 4.78 is 3.82. The SMILES string of the molecule is C[n+]1ccc2ccccc2c1C(=O)c1c2ccccc2cc[n+]1C. The summed E-state index contributed by atoms with van der Waals surface area (Å²) in [4.78, 5) is 13.5. The first-order valence-electron chi connectivity index (χ1n) is 7.96. The maximum absolute atomic E-state index is 13.5. The molecule has 3 nitrogen and oxygen atoms in total. The molecule has 2 aromatic carbocycles. The van der Waals surface area contributed by atoms with Crippen molar-refractivity contribution in [3.8, 4) is 0 Å². The lowest BCUT2D eigenvalue weighted by Crippen LogP contribution is -2.42. The van der Waals surface area contributed by atoms with Crippen LogP contribution in [0.25, 0.3) is 21.5 Å². The van der Waals surface area contributed by atoms with Crippen LogP contribution >= 0.6 is 0 Å². The standard InChI is InChI=1S/C21H18N2O/c1-22-13-11-15-7-3-5-9-17(15)19(22)21(24)20-18-10-6-4-8-16(18)12-14-23(20)2/h3-14H,1-2H3/q+2. The van der Waals surface area contributed by atoms with E-state index in [0.29, 0.717) is 11.4 Å². The molecule has 2 aromatic heterocycles. The maximum atomic E-state index is 13.5. The second-order valence-corrected chi connectivity index (χ2v) is 6.05. The number of ketones is 1. The Hall–Kier alpha value is -3.07. The monoisotopic (exact) mass is 314 g/mol. The molecule has 0 aliphatic carbocycles. The number of benzene rings is 2. The van der Waals surface area contributed by atoms with Gasteiger partial charge in [-0.3, -0.25) is 4.79 Å². The number of rotatable bonds is 2. The number of aromatic nitrogens is 2. The third-order valence-corrected chi connectivity index (χ3v) is 4.52. The molecular formula is C21H18N2O+2. The van der Waals surface area contributed by atoms with Gasteiger partial charge in [0.25, 0.3) is 11.4 Å². The van der Waals surface area contributed by atoms with Crippen LogP contribution in [-0.4, -0.2) is 5.78 Å². The third-order valence-electron chi connectivity index (χ3n) is 4.52. The van der Waals surface area contributed by atoms with Crippen molar-refractivity contribution >= 4 is 27.3 Å². The molecule has 0 atom stereocenters. The minimum Gasteiger partial charge on any atom is -0.275 e. The van der Waals surface area contributed by atoms with Crippen LogP contribution in [0.2, 0.25) is 0 Å². The van der Waals surface area contributed by atoms with Crippen molar-refractivity contribution in [1.82, 2.24) is 0 Å². The molecule has 116 valence electrons. The van der Waals surface area contributed by atoms with Gasteiger partial charge >= 0.3 is 5.78 Å². The van der Waals surface area contributed by atoms with Crippen LogP contribution in [0.4, 0.5) is 0 Å².